The zero-order valence-corrected chi connectivity index (χ0v) is 49.7. The summed E-state index contributed by atoms with van der Waals surface area (Å²) in [6, 6.07) is 30.4. The number of hydrogen-bond donors (Lipinski definition) is 8. The van der Waals surface area contributed by atoms with Crippen LogP contribution >= 0.6 is 0 Å². The number of aliphatic hydroxyl groups is 3. The second-order valence-corrected chi connectivity index (χ2v) is 17.3. The number of carbonyl (C=O) groups excluding carboxylic acids is 3. The monoisotopic (exact) mass is 1280 g/mol. The van der Waals surface area contributed by atoms with E-state index in [1.54, 1.807) is 25.3 Å². The second-order valence-electron chi connectivity index (χ2n) is 17.3. The molecule has 0 aromatic heterocycles. The number of methoxy groups -OCH3 is 1. The number of benzene rings is 6. The van der Waals surface area contributed by atoms with Gasteiger partial charge in [0.1, 0.15) is 5.75 Å². The van der Waals surface area contributed by atoms with E-state index in [-0.39, 0.29) is 138 Å². The van der Waals surface area contributed by atoms with E-state index in [9.17, 15) is 14.4 Å². The molecule has 6 aromatic carbocycles. The predicted molar refractivity (Wildman–Crippen MR) is 302 cm³/mol. The molecule has 0 saturated heterocycles. The first kappa shape index (κ1) is 71.6. The van der Waals surface area contributed by atoms with E-state index >= 15 is 0 Å². The number of ketones is 3. The van der Waals surface area contributed by atoms with Crippen molar-refractivity contribution < 1.29 is 138 Å². The van der Waals surface area contributed by atoms with Crippen LogP contribution in [-0.4, -0.2) is 147 Å². The minimum atomic E-state index is 0. The van der Waals surface area contributed by atoms with Gasteiger partial charge < -0.3 is 78.5 Å². The Bertz CT molecular complexity index is 2790. The molecule has 4 aliphatic rings. The molecule has 0 unspecified atom stereocenters. The molecule has 6 aromatic rings. The largest absolute Gasteiger partial charge is 1.00 e. The van der Waals surface area contributed by atoms with Gasteiger partial charge in [-0.25, -0.2) is 0 Å². The molecule has 18 nitrogen and oxygen atoms in total. The molecule has 20 heteroatoms. The molecule has 78 heavy (non-hydrogen) atoms. The van der Waals surface area contributed by atoms with E-state index in [4.69, 9.17) is 51.5 Å². The van der Waals surface area contributed by atoms with E-state index < -0.39 is 0 Å². The van der Waals surface area contributed by atoms with E-state index in [1.807, 2.05) is 109 Å². The Morgan fingerprint density at radius 2 is 0.872 bits per heavy atom. The van der Waals surface area contributed by atoms with Crippen LogP contribution in [0, 0.1) is 0 Å². The summed E-state index contributed by atoms with van der Waals surface area (Å²) in [6.45, 7) is 4.43. The number of hydrogen-bond acceptors (Lipinski definition) is 16. The molecular weight excluding hydrogens is 1210 g/mol. The molecule has 2 atom stereocenters. The Balaban J connectivity index is 0.000000505. The standard InChI is InChI=1S/2C17H17NO3.C14H10O2.C6H14N2.C4H11NO2.K.3H2O.Pt/c2*19-9-11-21-10-8-18-14-6-4-12-2-1-3-13-5-7-15(20)17(14)16(12)13;1-16-12-8-6-10-4-2-3-9-5-7-11(15)14(12)13(9)10;7-5-3-1-2-4-6(5)8;5-1-3-7-4-2-6;;;;;/h2*1-7,18-19H,8-11H2;2-8H,1H3;5-6H,1-4,7-8H2;6H,1-5H2;;3*1H2;/q;;;;;+1;;;;/p-1/t;;;5-,6-;;;;;;/m...0....../s1. The summed E-state index contributed by atoms with van der Waals surface area (Å²) in [5.41, 5.74) is 23.4. The Morgan fingerprint density at radius 1 is 0.513 bits per heavy atom. The zero-order valence-electron chi connectivity index (χ0n) is 44.3. The quantitative estimate of drug-likeness (QED) is 0.0480. The maximum absolute atomic E-state index is 12.2. The summed E-state index contributed by atoms with van der Waals surface area (Å²) in [5, 5.41) is 38.2. The van der Waals surface area contributed by atoms with Crippen LogP contribution < -0.4 is 84.0 Å². The van der Waals surface area contributed by atoms with E-state index in [1.165, 1.54) is 12.8 Å². The van der Waals surface area contributed by atoms with Crippen LogP contribution in [-0.2, 0) is 35.3 Å². The smallest absolute Gasteiger partial charge is 0.870 e. The van der Waals surface area contributed by atoms with E-state index in [2.05, 4.69) is 10.6 Å². The van der Waals surface area contributed by atoms with Gasteiger partial charge in [-0.1, -0.05) is 104 Å². The first-order valence-electron chi connectivity index (χ1n) is 24.8. The third kappa shape index (κ3) is 19.7. The summed E-state index contributed by atoms with van der Waals surface area (Å²) < 4.78 is 20.4. The van der Waals surface area contributed by atoms with Gasteiger partial charge in [-0.3, -0.25) is 14.4 Å². The first-order valence-corrected chi connectivity index (χ1v) is 24.8. The summed E-state index contributed by atoms with van der Waals surface area (Å²) >= 11 is 0. The number of carbonyl (C=O) groups is 3. The number of aliphatic hydroxyl groups excluding tert-OH is 3. The van der Waals surface area contributed by atoms with Crippen molar-refractivity contribution in [1.29, 1.82) is 0 Å². The molecule has 4 aliphatic carbocycles. The molecular formula is C58H74KN5O13Pt. The van der Waals surface area contributed by atoms with Crippen LogP contribution in [0.25, 0.3) is 50.5 Å². The predicted octanol–water partition coefficient (Wildman–Crippen LogP) is 2.34. The number of nitrogens with one attached hydrogen (secondary N) is 2. The topological polar surface area (TPSA) is 344 Å². The van der Waals surface area contributed by atoms with E-state index in [0.29, 0.717) is 70.6 Å². The summed E-state index contributed by atoms with van der Waals surface area (Å²) in [4.78, 5) is 36.4. The van der Waals surface area contributed by atoms with Gasteiger partial charge in [0.25, 0.3) is 0 Å². The van der Waals surface area contributed by atoms with Crippen molar-refractivity contribution in [2.75, 3.05) is 96.8 Å². The summed E-state index contributed by atoms with van der Waals surface area (Å²) in [6.07, 6.45) is 15.2. The van der Waals surface area contributed by atoms with Crippen LogP contribution in [0.3, 0.4) is 0 Å². The number of nitrogens with two attached hydrogens (primary N) is 3. The van der Waals surface area contributed by atoms with Crippen molar-refractivity contribution in [3.8, 4) is 5.75 Å². The summed E-state index contributed by atoms with van der Waals surface area (Å²) in [5.74, 6) is 0.714. The van der Waals surface area contributed by atoms with Gasteiger partial charge in [0.05, 0.1) is 83.3 Å². The van der Waals surface area contributed by atoms with Crippen LogP contribution in [0.2, 0.25) is 0 Å². The van der Waals surface area contributed by atoms with Gasteiger partial charge in [0, 0.05) is 80.3 Å². The summed E-state index contributed by atoms with van der Waals surface area (Å²) in [7, 11) is 1.59. The van der Waals surface area contributed by atoms with Crippen LogP contribution in [0.4, 0.5) is 11.4 Å². The van der Waals surface area contributed by atoms with Crippen molar-refractivity contribution in [3.63, 3.8) is 0 Å². The Hall–Kier alpha value is -4.43. The van der Waals surface area contributed by atoms with E-state index in [0.717, 1.165) is 84.4 Å². The Morgan fingerprint density at radius 3 is 1.23 bits per heavy atom. The van der Waals surface area contributed by atoms with Crippen molar-refractivity contribution in [3.05, 3.63) is 143 Å². The number of rotatable bonds is 17. The van der Waals surface area contributed by atoms with Crippen LogP contribution in [0.1, 0.15) is 73.4 Å². The van der Waals surface area contributed by atoms with Gasteiger partial charge >= 0.3 is 51.4 Å². The third-order valence-corrected chi connectivity index (χ3v) is 12.4. The van der Waals surface area contributed by atoms with Gasteiger partial charge in [-0.05, 0) is 82.1 Å². The molecule has 10 rings (SSSR count). The zero-order chi connectivity index (χ0) is 52.0. The molecule has 0 spiro atoms. The Kier molecular flexibility index (Phi) is 35.1. The number of allylic oxidation sites excluding steroid dienone is 3. The molecule has 16 N–H and O–H groups in total. The molecule has 0 bridgehead atoms. The second kappa shape index (κ2) is 38.3. The van der Waals surface area contributed by atoms with Crippen LogP contribution in [0.15, 0.2) is 109 Å². The van der Waals surface area contributed by atoms with Gasteiger partial charge in [-0.15, -0.1) is 0 Å². The maximum atomic E-state index is 12.2. The average molecular weight is 1280 g/mol. The molecule has 0 radical (unpaired) electrons. The third-order valence-electron chi connectivity index (χ3n) is 12.4. The molecule has 420 valence electrons. The fourth-order valence-corrected chi connectivity index (χ4v) is 8.87. The van der Waals surface area contributed by atoms with Crippen molar-refractivity contribution in [2.24, 2.45) is 17.2 Å². The number of ether oxygens (including phenoxy) is 4. The minimum absolute atomic E-state index is 0. The average Bonchev–Trinajstić information content (AvgIpc) is 3.45. The van der Waals surface area contributed by atoms with Crippen molar-refractivity contribution in [1.82, 2.24) is 0 Å². The molecule has 1 saturated carbocycles. The molecule has 1 fully saturated rings. The molecule has 0 aliphatic heterocycles. The van der Waals surface area contributed by atoms with Crippen molar-refractivity contribution >= 4 is 79.3 Å². The number of anilines is 2. The van der Waals surface area contributed by atoms with Crippen molar-refractivity contribution in [2.45, 2.75) is 37.8 Å². The van der Waals surface area contributed by atoms with Gasteiger partial charge in [0.2, 0.25) is 0 Å². The SMILES string of the molecule is COc1ccc2cccc3c2c1C(=O)C=C3.NCCOCCO.N[C@H]1CCCC[C@@H]1N.O.O.O=C1C=Cc2cccc3ccc(NCCOCCO)c1c23.O=C1C=Cc2cccc3ccc(NCCOCCO)c1c23.[K+].[OH-].[Pt]. The fourth-order valence-electron chi connectivity index (χ4n) is 8.87. The fraction of sp³-hybridized carbons (Fsp3) is 0.328. The molecule has 0 amide bonds. The molecule has 0 heterocycles. The first-order chi connectivity index (χ1) is 35.6. The van der Waals surface area contributed by atoms with Gasteiger partial charge in [-0.2, -0.15) is 0 Å². The maximum Gasteiger partial charge on any atom is 1.00 e. The minimum Gasteiger partial charge on any atom is -0.870 e. The van der Waals surface area contributed by atoms with Gasteiger partial charge in [0.15, 0.2) is 17.3 Å². The van der Waals surface area contributed by atoms with Crippen LogP contribution in [0.5, 0.6) is 5.75 Å². The normalized spacial score (nSPS) is 14.6. The Labute approximate surface area is 512 Å².